The van der Waals surface area contributed by atoms with Gasteiger partial charge in [-0.2, -0.15) is 0 Å². The first kappa shape index (κ1) is 17.6. The lowest BCUT2D eigenvalue weighted by atomic mass is 10.2. The SMILES string of the molecule is Cc1noc(C)c1CSc1ccccc1C(=O)N1CCN(C2CC2)CC1. The number of aromatic nitrogens is 1. The van der Waals surface area contributed by atoms with Crippen LogP contribution in [0.1, 0.15) is 40.2 Å². The van der Waals surface area contributed by atoms with Crippen molar-refractivity contribution >= 4 is 17.7 Å². The van der Waals surface area contributed by atoms with Crippen LogP contribution in [-0.2, 0) is 5.75 Å². The predicted octanol–water partition coefficient (Wildman–Crippen LogP) is 3.50. The molecule has 6 heteroatoms. The quantitative estimate of drug-likeness (QED) is 0.753. The number of nitrogens with zero attached hydrogens (tertiary/aromatic N) is 3. The molecule has 2 fully saturated rings. The Morgan fingerprint density at radius 3 is 2.58 bits per heavy atom. The van der Waals surface area contributed by atoms with Crippen molar-refractivity contribution in [1.82, 2.24) is 15.0 Å². The van der Waals surface area contributed by atoms with Crippen LogP contribution in [0.25, 0.3) is 0 Å². The van der Waals surface area contributed by atoms with Crippen LogP contribution >= 0.6 is 11.8 Å². The second-order valence-corrected chi connectivity index (χ2v) is 8.16. The van der Waals surface area contributed by atoms with E-state index in [1.807, 2.05) is 43.0 Å². The number of aryl methyl sites for hydroxylation is 2. The highest BCUT2D eigenvalue weighted by Gasteiger charge is 2.32. The molecule has 1 saturated heterocycles. The maximum Gasteiger partial charge on any atom is 0.255 e. The van der Waals surface area contributed by atoms with E-state index in [1.54, 1.807) is 11.8 Å². The number of amides is 1. The van der Waals surface area contributed by atoms with E-state index in [0.29, 0.717) is 0 Å². The number of rotatable bonds is 5. The van der Waals surface area contributed by atoms with E-state index in [2.05, 4.69) is 10.1 Å². The van der Waals surface area contributed by atoms with Gasteiger partial charge in [0.1, 0.15) is 5.76 Å². The van der Waals surface area contributed by atoms with Gasteiger partial charge in [0, 0.05) is 48.4 Å². The molecule has 0 N–H and O–H groups in total. The van der Waals surface area contributed by atoms with Gasteiger partial charge < -0.3 is 9.42 Å². The Morgan fingerprint density at radius 1 is 1.19 bits per heavy atom. The summed E-state index contributed by atoms with van der Waals surface area (Å²) in [4.78, 5) is 18.6. The van der Waals surface area contributed by atoms with Gasteiger partial charge in [0.25, 0.3) is 5.91 Å². The van der Waals surface area contributed by atoms with Gasteiger partial charge in [-0.05, 0) is 38.8 Å². The topological polar surface area (TPSA) is 49.6 Å². The molecular formula is C20H25N3O2S. The lowest BCUT2D eigenvalue weighted by Gasteiger charge is -2.35. The minimum Gasteiger partial charge on any atom is -0.361 e. The highest BCUT2D eigenvalue weighted by molar-refractivity contribution is 7.98. The molecule has 1 aliphatic heterocycles. The zero-order chi connectivity index (χ0) is 18.1. The number of carbonyl (C=O) groups is 1. The molecule has 138 valence electrons. The first-order chi connectivity index (χ1) is 12.6. The van der Waals surface area contributed by atoms with Crippen LogP contribution in [0.3, 0.4) is 0 Å². The van der Waals surface area contributed by atoms with Crippen molar-refractivity contribution in [3.63, 3.8) is 0 Å². The minimum atomic E-state index is 0.155. The van der Waals surface area contributed by atoms with Crippen LogP contribution in [0.5, 0.6) is 0 Å². The Labute approximate surface area is 158 Å². The third kappa shape index (κ3) is 3.67. The van der Waals surface area contributed by atoms with Crippen molar-refractivity contribution < 1.29 is 9.32 Å². The van der Waals surface area contributed by atoms with Crippen LogP contribution in [0.2, 0.25) is 0 Å². The standard InChI is InChI=1S/C20H25N3O2S/c1-14-18(15(2)25-21-14)13-26-19-6-4-3-5-17(19)20(24)23-11-9-22(10-12-23)16-7-8-16/h3-6,16H,7-13H2,1-2H3. The summed E-state index contributed by atoms with van der Waals surface area (Å²) in [5, 5.41) is 4.02. The molecule has 0 bridgehead atoms. The number of hydrogen-bond acceptors (Lipinski definition) is 5. The summed E-state index contributed by atoms with van der Waals surface area (Å²) in [6.45, 7) is 7.57. The second kappa shape index (κ2) is 7.45. The fraction of sp³-hybridized carbons (Fsp3) is 0.500. The number of benzene rings is 1. The van der Waals surface area contributed by atoms with E-state index in [4.69, 9.17) is 4.52 Å². The van der Waals surface area contributed by atoms with Gasteiger partial charge in [-0.3, -0.25) is 9.69 Å². The lowest BCUT2D eigenvalue weighted by molar-refractivity contribution is 0.0624. The normalized spacial score (nSPS) is 18.3. The van der Waals surface area contributed by atoms with E-state index in [0.717, 1.165) is 65.5 Å². The van der Waals surface area contributed by atoms with Gasteiger partial charge in [-0.15, -0.1) is 11.8 Å². The van der Waals surface area contributed by atoms with E-state index in [-0.39, 0.29) is 5.91 Å². The number of hydrogen-bond donors (Lipinski definition) is 0. The molecule has 1 aliphatic carbocycles. The monoisotopic (exact) mass is 371 g/mol. The van der Waals surface area contributed by atoms with Crippen LogP contribution < -0.4 is 0 Å². The van der Waals surface area contributed by atoms with Gasteiger partial charge in [-0.1, -0.05) is 17.3 Å². The zero-order valence-electron chi connectivity index (χ0n) is 15.4. The minimum absolute atomic E-state index is 0.155. The Morgan fingerprint density at radius 2 is 1.92 bits per heavy atom. The van der Waals surface area contributed by atoms with E-state index < -0.39 is 0 Å². The number of carbonyl (C=O) groups excluding carboxylic acids is 1. The van der Waals surface area contributed by atoms with E-state index in [9.17, 15) is 4.79 Å². The maximum absolute atomic E-state index is 13.1. The summed E-state index contributed by atoms with van der Waals surface area (Å²) in [6.07, 6.45) is 2.66. The van der Waals surface area contributed by atoms with Crippen LogP contribution in [-0.4, -0.2) is 53.1 Å². The first-order valence-corrected chi connectivity index (χ1v) is 10.3. The van der Waals surface area contributed by atoms with Crippen molar-refractivity contribution in [3.05, 3.63) is 46.8 Å². The van der Waals surface area contributed by atoms with Gasteiger partial charge in [0.2, 0.25) is 0 Å². The Hall–Kier alpha value is -1.79. The van der Waals surface area contributed by atoms with Gasteiger partial charge in [0.15, 0.2) is 0 Å². The zero-order valence-corrected chi connectivity index (χ0v) is 16.2. The Bertz CT molecular complexity index is 773. The highest BCUT2D eigenvalue weighted by atomic mass is 32.2. The lowest BCUT2D eigenvalue weighted by Crippen LogP contribution is -2.49. The second-order valence-electron chi connectivity index (χ2n) is 7.15. The van der Waals surface area contributed by atoms with Crippen LogP contribution in [0.4, 0.5) is 0 Å². The fourth-order valence-corrected chi connectivity index (χ4v) is 4.72. The number of thioether (sulfide) groups is 1. The van der Waals surface area contributed by atoms with Crippen molar-refractivity contribution in [2.24, 2.45) is 0 Å². The highest BCUT2D eigenvalue weighted by Crippen LogP contribution is 2.31. The molecule has 1 amide bonds. The molecule has 0 spiro atoms. The van der Waals surface area contributed by atoms with Crippen molar-refractivity contribution in [2.75, 3.05) is 26.2 Å². The molecule has 0 radical (unpaired) electrons. The largest absolute Gasteiger partial charge is 0.361 e. The van der Waals surface area contributed by atoms with Crippen molar-refractivity contribution in [1.29, 1.82) is 0 Å². The molecular weight excluding hydrogens is 346 g/mol. The van der Waals surface area contributed by atoms with Crippen LogP contribution in [0, 0.1) is 13.8 Å². The van der Waals surface area contributed by atoms with Crippen molar-refractivity contribution in [3.8, 4) is 0 Å². The molecule has 2 aliphatic rings. The average molecular weight is 372 g/mol. The third-order valence-corrected chi connectivity index (χ3v) is 6.44. The summed E-state index contributed by atoms with van der Waals surface area (Å²) in [6, 6.07) is 8.72. The summed E-state index contributed by atoms with van der Waals surface area (Å²) in [5.74, 6) is 1.78. The summed E-state index contributed by atoms with van der Waals surface area (Å²) >= 11 is 1.68. The van der Waals surface area contributed by atoms with Crippen molar-refractivity contribution in [2.45, 2.75) is 43.4 Å². The molecule has 2 heterocycles. The maximum atomic E-state index is 13.1. The van der Waals surface area contributed by atoms with Gasteiger partial charge in [0.05, 0.1) is 11.3 Å². The molecule has 1 aromatic carbocycles. The third-order valence-electron chi connectivity index (χ3n) is 5.34. The first-order valence-electron chi connectivity index (χ1n) is 9.30. The molecule has 1 aromatic heterocycles. The van der Waals surface area contributed by atoms with E-state index >= 15 is 0 Å². The van der Waals surface area contributed by atoms with Crippen LogP contribution in [0.15, 0.2) is 33.7 Å². The molecule has 4 rings (SSSR count). The average Bonchev–Trinajstić information content (AvgIpc) is 3.47. The Balaban J connectivity index is 1.44. The smallest absolute Gasteiger partial charge is 0.255 e. The van der Waals surface area contributed by atoms with E-state index in [1.165, 1.54) is 12.8 Å². The molecule has 0 atom stereocenters. The Kier molecular flexibility index (Phi) is 5.05. The fourth-order valence-electron chi connectivity index (χ4n) is 3.53. The molecule has 0 unspecified atom stereocenters. The molecule has 2 aromatic rings. The summed E-state index contributed by atoms with van der Waals surface area (Å²) < 4.78 is 5.25. The number of piperazine rings is 1. The predicted molar refractivity (Wildman–Crippen MR) is 102 cm³/mol. The summed E-state index contributed by atoms with van der Waals surface area (Å²) in [7, 11) is 0. The molecule has 5 nitrogen and oxygen atoms in total. The van der Waals surface area contributed by atoms with Gasteiger partial charge in [-0.25, -0.2) is 0 Å². The van der Waals surface area contributed by atoms with Gasteiger partial charge >= 0.3 is 0 Å². The summed E-state index contributed by atoms with van der Waals surface area (Å²) in [5.41, 5.74) is 2.86. The molecule has 1 saturated carbocycles. The molecule has 26 heavy (non-hydrogen) atoms.